The number of nitrogens with zero attached hydrogens (tertiary/aromatic N) is 1. The molecule has 0 radical (unpaired) electrons. The number of hydrogen-bond acceptors (Lipinski definition) is 4. The van der Waals surface area contributed by atoms with Gasteiger partial charge in [0.1, 0.15) is 4.88 Å². The second kappa shape index (κ2) is 5.40. The number of benzene rings is 1. The van der Waals surface area contributed by atoms with Gasteiger partial charge in [-0.3, -0.25) is 0 Å². The van der Waals surface area contributed by atoms with Crippen molar-refractivity contribution < 1.29 is 9.90 Å². The molecule has 100 valence electrons. The van der Waals surface area contributed by atoms with Crippen LogP contribution in [0.15, 0.2) is 18.2 Å². The lowest BCUT2D eigenvalue weighted by Crippen LogP contribution is -1.97. The number of hydrogen-bond donors (Lipinski definition) is 2. The van der Waals surface area contributed by atoms with Crippen LogP contribution in [-0.4, -0.2) is 16.1 Å². The van der Waals surface area contributed by atoms with Crippen LogP contribution >= 0.6 is 11.3 Å². The van der Waals surface area contributed by atoms with Crippen molar-refractivity contribution in [3.8, 4) is 0 Å². The minimum absolute atomic E-state index is 0.314. The highest BCUT2D eigenvalue weighted by Gasteiger charge is 2.15. The zero-order valence-electron chi connectivity index (χ0n) is 11.2. The smallest absolute Gasteiger partial charge is 0.347 e. The third-order valence-corrected chi connectivity index (χ3v) is 3.70. The average Bonchev–Trinajstić information content (AvgIpc) is 2.70. The molecule has 0 amide bonds. The number of nitrogens with one attached hydrogen (secondary N) is 1. The zero-order valence-corrected chi connectivity index (χ0v) is 12.0. The van der Waals surface area contributed by atoms with Gasteiger partial charge in [-0.25, -0.2) is 9.78 Å². The Kier molecular flexibility index (Phi) is 3.85. The number of aryl methyl sites for hydroxylation is 3. The van der Waals surface area contributed by atoms with Crippen LogP contribution in [0.2, 0.25) is 0 Å². The van der Waals surface area contributed by atoms with E-state index < -0.39 is 5.97 Å². The van der Waals surface area contributed by atoms with Gasteiger partial charge in [0.2, 0.25) is 0 Å². The number of anilines is 2. The molecule has 0 spiro atoms. The van der Waals surface area contributed by atoms with E-state index in [2.05, 4.69) is 16.4 Å². The average molecular weight is 276 g/mol. The number of aromatic carboxylic acids is 1. The van der Waals surface area contributed by atoms with Crippen LogP contribution in [0.4, 0.5) is 10.8 Å². The van der Waals surface area contributed by atoms with Crippen LogP contribution in [0.5, 0.6) is 0 Å². The van der Waals surface area contributed by atoms with Gasteiger partial charge in [-0.2, -0.15) is 0 Å². The highest BCUT2D eigenvalue weighted by Crippen LogP contribution is 2.27. The van der Waals surface area contributed by atoms with E-state index in [1.165, 1.54) is 11.3 Å². The van der Waals surface area contributed by atoms with Gasteiger partial charge in [-0.15, -0.1) is 0 Å². The van der Waals surface area contributed by atoms with Crippen molar-refractivity contribution in [3.63, 3.8) is 0 Å². The molecule has 5 heteroatoms. The Bertz CT molecular complexity index is 600. The molecule has 0 aliphatic carbocycles. The van der Waals surface area contributed by atoms with Gasteiger partial charge in [0.15, 0.2) is 5.13 Å². The lowest BCUT2D eigenvalue weighted by atomic mass is 10.1. The molecule has 0 aliphatic rings. The van der Waals surface area contributed by atoms with Gasteiger partial charge in [-0.05, 0) is 43.5 Å². The normalized spacial score (nSPS) is 10.5. The quantitative estimate of drug-likeness (QED) is 0.892. The third kappa shape index (κ3) is 3.12. The Morgan fingerprint density at radius 2 is 1.95 bits per heavy atom. The van der Waals surface area contributed by atoms with Crippen LogP contribution in [0.1, 0.15) is 33.4 Å². The Balaban J connectivity index is 2.30. The monoisotopic (exact) mass is 276 g/mol. The summed E-state index contributed by atoms with van der Waals surface area (Å²) in [5.41, 5.74) is 3.89. The van der Waals surface area contributed by atoms with E-state index in [0.717, 1.165) is 16.8 Å². The molecule has 0 bridgehead atoms. The summed E-state index contributed by atoms with van der Waals surface area (Å²) in [5.74, 6) is -0.914. The van der Waals surface area contributed by atoms with Crippen molar-refractivity contribution in [2.75, 3.05) is 5.32 Å². The van der Waals surface area contributed by atoms with E-state index in [9.17, 15) is 4.79 Å². The Morgan fingerprint density at radius 1 is 1.32 bits per heavy atom. The number of aromatic nitrogens is 1. The highest BCUT2D eigenvalue weighted by atomic mass is 32.1. The molecule has 1 aromatic heterocycles. The highest BCUT2D eigenvalue weighted by molar-refractivity contribution is 7.17. The van der Waals surface area contributed by atoms with Crippen molar-refractivity contribution in [1.82, 2.24) is 4.98 Å². The molecule has 19 heavy (non-hydrogen) atoms. The fourth-order valence-corrected chi connectivity index (χ4v) is 2.90. The summed E-state index contributed by atoms with van der Waals surface area (Å²) in [4.78, 5) is 15.7. The summed E-state index contributed by atoms with van der Waals surface area (Å²) in [6.07, 6.45) is 0.618. The van der Waals surface area contributed by atoms with E-state index in [1.807, 2.05) is 32.9 Å². The van der Waals surface area contributed by atoms with Gasteiger partial charge in [-0.1, -0.05) is 24.3 Å². The summed E-state index contributed by atoms with van der Waals surface area (Å²) in [6, 6.07) is 6.12. The van der Waals surface area contributed by atoms with E-state index in [4.69, 9.17) is 5.11 Å². The van der Waals surface area contributed by atoms with Gasteiger partial charge in [0, 0.05) is 5.69 Å². The number of carbonyl (C=O) groups is 1. The first-order valence-corrected chi connectivity index (χ1v) is 6.89. The van der Waals surface area contributed by atoms with Crippen molar-refractivity contribution in [2.24, 2.45) is 0 Å². The van der Waals surface area contributed by atoms with Crippen LogP contribution in [0.3, 0.4) is 0 Å². The van der Waals surface area contributed by atoms with E-state index in [-0.39, 0.29) is 0 Å². The van der Waals surface area contributed by atoms with Gasteiger partial charge in [0.25, 0.3) is 0 Å². The molecule has 0 atom stereocenters. The second-order valence-corrected chi connectivity index (χ2v) is 5.45. The zero-order chi connectivity index (χ0) is 14.0. The predicted octanol–water partition coefficient (Wildman–Crippen LogP) is 3.76. The molecule has 1 aromatic carbocycles. The minimum Gasteiger partial charge on any atom is -0.477 e. The minimum atomic E-state index is -0.914. The molecule has 2 aromatic rings. The maximum absolute atomic E-state index is 11.1. The lowest BCUT2D eigenvalue weighted by Gasteiger charge is -2.05. The number of thiazole rings is 1. The van der Waals surface area contributed by atoms with Crippen LogP contribution in [-0.2, 0) is 6.42 Å². The number of carboxylic acids is 1. The Labute approximate surface area is 116 Å². The first kappa shape index (κ1) is 13.5. The van der Waals surface area contributed by atoms with E-state index in [0.29, 0.717) is 22.1 Å². The molecule has 0 aliphatic heterocycles. The Hall–Kier alpha value is -1.88. The largest absolute Gasteiger partial charge is 0.477 e. The number of rotatable bonds is 4. The van der Waals surface area contributed by atoms with Crippen molar-refractivity contribution in [1.29, 1.82) is 0 Å². The molecular weight excluding hydrogens is 260 g/mol. The standard InChI is InChI=1S/C14H16N2O2S/c1-4-11-12(13(17)18)19-14(16-11)15-10-6-8(2)5-9(3)7-10/h5-7H,4H2,1-3H3,(H,15,16)(H,17,18). The van der Waals surface area contributed by atoms with Crippen LogP contribution in [0.25, 0.3) is 0 Å². The summed E-state index contributed by atoms with van der Waals surface area (Å²) in [5, 5.41) is 12.9. The molecule has 2 rings (SSSR count). The molecule has 1 heterocycles. The topological polar surface area (TPSA) is 62.2 Å². The predicted molar refractivity (Wildman–Crippen MR) is 77.7 cm³/mol. The fourth-order valence-electron chi connectivity index (χ4n) is 1.98. The summed E-state index contributed by atoms with van der Waals surface area (Å²) >= 11 is 1.18. The summed E-state index contributed by atoms with van der Waals surface area (Å²) < 4.78 is 0. The number of carboxylic acid groups (broad SMARTS) is 1. The van der Waals surface area contributed by atoms with Crippen LogP contribution < -0.4 is 5.32 Å². The molecule has 0 saturated carbocycles. The van der Waals surface area contributed by atoms with Gasteiger partial charge < -0.3 is 10.4 Å². The van der Waals surface area contributed by atoms with Crippen LogP contribution in [0, 0.1) is 13.8 Å². The maximum atomic E-state index is 11.1. The molecular formula is C14H16N2O2S. The lowest BCUT2D eigenvalue weighted by molar-refractivity contribution is 0.0701. The second-order valence-electron chi connectivity index (χ2n) is 4.45. The molecule has 4 nitrogen and oxygen atoms in total. The fraction of sp³-hybridized carbons (Fsp3) is 0.286. The van der Waals surface area contributed by atoms with Gasteiger partial charge in [0.05, 0.1) is 5.69 Å². The third-order valence-electron chi connectivity index (χ3n) is 2.70. The SMILES string of the molecule is CCc1nc(Nc2cc(C)cc(C)c2)sc1C(=O)O. The van der Waals surface area contributed by atoms with Crippen molar-refractivity contribution in [2.45, 2.75) is 27.2 Å². The molecule has 0 fully saturated rings. The van der Waals surface area contributed by atoms with Crippen molar-refractivity contribution >= 4 is 28.1 Å². The molecule has 2 N–H and O–H groups in total. The summed E-state index contributed by atoms with van der Waals surface area (Å²) in [6.45, 7) is 5.96. The first-order chi connectivity index (χ1) is 8.99. The van der Waals surface area contributed by atoms with Crippen molar-refractivity contribution in [3.05, 3.63) is 39.9 Å². The van der Waals surface area contributed by atoms with Gasteiger partial charge >= 0.3 is 5.97 Å². The van der Waals surface area contributed by atoms with E-state index in [1.54, 1.807) is 0 Å². The maximum Gasteiger partial charge on any atom is 0.347 e. The Morgan fingerprint density at radius 3 is 2.42 bits per heavy atom. The summed E-state index contributed by atoms with van der Waals surface area (Å²) in [7, 11) is 0. The molecule has 0 unspecified atom stereocenters. The molecule has 0 saturated heterocycles. The first-order valence-electron chi connectivity index (χ1n) is 6.08. The van der Waals surface area contributed by atoms with E-state index >= 15 is 0 Å².